The van der Waals surface area contributed by atoms with E-state index in [1.807, 2.05) is 18.2 Å². The van der Waals surface area contributed by atoms with Gasteiger partial charge in [-0.05, 0) is 12.5 Å². The van der Waals surface area contributed by atoms with Crippen LogP contribution in [0.5, 0.6) is 0 Å². The fourth-order valence-corrected chi connectivity index (χ4v) is 0.899. The van der Waals surface area contributed by atoms with Crippen molar-refractivity contribution < 1.29 is 0 Å². The Morgan fingerprint density at radius 1 is 1.56 bits per heavy atom. The summed E-state index contributed by atoms with van der Waals surface area (Å²) in [5, 5.41) is 0. The molecule has 0 heterocycles. The lowest BCUT2D eigenvalue weighted by molar-refractivity contribution is 0.675. The third-order valence-corrected chi connectivity index (χ3v) is 1.38. The first-order valence-corrected chi connectivity index (χ1v) is 3.16. The standard InChI is InChI=1S/C7H12N2/c8-6-3-1-2-4-7(9)5-6/h1-3,7H,4-5,8-9H2. The lowest BCUT2D eigenvalue weighted by Gasteiger charge is -2.05. The molecule has 0 spiro atoms. The zero-order valence-corrected chi connectivity index (χ0v) is 5.38. The third kappa shape index (κ3) is 1.90. The van der Waals surface area contributed by atoms with Crippen LogP contribution in [0.15, 0.2) is 23.9 Å². The molecule has 0 bridgehead atoms. The van der Waals surface area contributed by atoms with Crippen LogP contribution in [0.2, 0.25) is 0 Å². The van der Waals surface area contributed by atoms with E-state index < -0.39 is 0 Å². The van der Waals surface area contributed by atoms with Crippen LogP contribution in [0.3, 0.4) is 0 Å². The molecule has 0 aromatic rings. The van der Waals surface area contributed by atoms with Gasteiger partial charge in [-0.15, -0.1) is 0 Å². The molecule has 2 nitrogen and oxygen atoms in total. The van der Waals surface area contributed by atoms with E-state index >= 15 is 0 Å². The Bertz CT molecular complexity index is 147. The zero-order chi connectivity index (χ0) is 6.69. The summed E-state index contributed by atoms with van der Waals surface area (Å²) in [6, 6.07) is 0.222. The van der Waals surface area contributed by atoms with Gasteiger partial charge in [-0.2, -0.15) is 0 Å². The van der Waals surface area contributed by atoms with E-state index in [0.717, 1.165) is 18.5 Å². The van der Waals surface area contributed by atoms with E-state index in [1.165, 1.54) is 0 Å². The minimum atomic E-state index is 0.222. The van der Waals surface area contributed by atoms with Crippen molar-refractivity contribution in [2.75, 3.05) is 0 Å². The average Bonchev–Trinajstić information content (AvgIpc) is 1.93. The summed E-state index contributed by atoms with van der Waals surface area (Å²) in [6.07, 6.45) is 7.68. The Morgan fingerprint density at radius 3 is 3.11 bits per heavy atom. The van der Waals surface area contributed by atoms with E-state index in [4.69, 9.17) is 11.5 Å². The summed E-state index contributed by atoms with van der Waals surface area (Å²) in [5.74, 6) is 0. The predicted octanol–water partition coefficient (Wildman–Crippen LogP) is 0.506. The topological polar surface area (TPSA) is 52.0 Å². The number of rotatable bonds is 0. The molecule has 1 aliphatic rings. The second-order valence-corrected chi connectivity index (χ2v) is 2.37. The normalized spacial score (nSPS) is 27.2. The lowest BCUT2D eigenvalue weighted by atomic mass is 10.1. The van der Waals surface area contributed by atoms with Crippen LogP contribution in [0.4, 0.5) is 0 Å². The van der Waals surface area contributed by atoms with Crippen molar-refractivity contribution in [3.63, 3.8) is 0 Å². The number of hydrogen-bond acceptors (Lipinski definition) is 2. The van der Waals surface area contributed by atoms with Crippen LogP contribution in [-0.2, 0) is 0 Å². The molecule has 0 fully saturated rings. The first-order valence-electron chi connectivity index (χ1n) is 3.16. The number of allylic oxidation sites excluding steroid dienone is 2. The first-order chi connectivity index (χ1) is 4.29. The highest BCUT2D eigenvalue weighted by Crippen LogP contribution is 2.06. The van der Waals surface area contributed by atoms with E-state index in [2.05, 4.69) is 0 Å². The average molecular weight is 124 g/mol. The highest BCUT2D eigenvalue weighted by atomic mass is 14.7. The van der Waals surface area contributed by atoms with Gasteiger partial charge in [0.05, 0.1) is 0 Å². The molecule has 0 radical (unpaired) electrons. The van der Waals surface area contributed by atoms with E-state index in [9.17, 15) is 0 Å². The third-order valence-electron chi connectivity index (χ3n) is 1.38. The largest absolute Gasteiger partial charge is 0.402 e. The van der Waals surface area contributed by atoms with Crippen molar-refractivity contribution in [2.24, 2.45) is 11.5 Å². The van der Waals surface area contributed by atoms with Crippen LogP contribution in [-0.4, -0.2) is 6.04 Å². The smallest absolute Gasteiger partial charge is 0.0128 e. The fraction of sp³-hybridized carbons (Fsp3) is 0.429. The first kappa shape index (κ1) is 6.36. The summed E-state index contributed by atoms with van der Waals surface area (Å²) in [7, 11) is 0. The van der Waals surface area contributed by atoms with Gasteiger partial charge in [-0.1, -0.05) is 12.2 Å². The fourth-order valence-electron chi connectivity index (χ4n) is 0.899. The quantitative estimate of drug-likeness (QED) is 0.494. The zero-order valence-electron chi connectivity index (χ0n) is 5.38. The van der Waals surface area contributed by atoms with Gasteiger partial charge in [-0.25, -0.2) is 0 Å². The molecule has 0 aliphatic heterocycles. The maximum atomic E-state index is 5.65. The molecule has 1 unspecified atom stereocenters. The second kappa shape index (κ2) is 2.69. The summed E-state index contributed by atoms with van der Waals surface area (Å²) >= 11 is 0. The van der Waals surface area contributed by atoms with Crippen LogP contribution in [0, 0.1) is 0 Å². The summed E-state index contributed by atoms with van der Waals surface area (Å²) in [5.41, 5.74) is 12.1. The molecule has 9 heavy (non-hydrogen) atoms. The van der Waals surface area contributed by atoms with E-state index in [1.54, 1.807) is 0 Å². The molecule has 0 aromatic carbocycles. The molecule has 1 rings (SSSR count). The van der Waals surface area contributed by atoms with Crippen LogP contribution in [0.25, 0.3) is 0 Å². The SMILES string of the molecule is NC1=CC=CCC(N)C1. The van der Waals surface area contributed by atoms with Gasteiger partial charge in [0.25, 0.3) is 0 Å². The lowest BCUT2D eigenvalue weighted by Crippen LogP contribution is -2.20. The molecule has 4 N–H and O–H groups in total. The molecular formula is C7H12N2. The Morgan fingerprint density at radius 2 is 2.33 bits per heavy atom. The molecule has 0 amide bonds. The van der Waals surface area contributed by atoms with E-state index in [0.29, 0.717) is 0 Å². The highest BCUT2D eigenvalue weighted by molar-refractivity contribution is 5.14. The van der Waals surface area contributed by atoms with Gasteiger partial charge >= 0.3 is 0 Å². The van der Waals surface area contributed by atoms with Crippen molar-refractivity contribution in [1.29, 1.82) is 0 Å². The number of nitrogens with two attached hydrogens (primary N) is 2. The highest BCUT2D eigenvalue weighted by Gasteiger charge is 2.02. The molecular weight excluding hydrogens is 112 g/mol. The summed E-state index contributed by atoms with van der Waals surface area (Å²) in [6.45, 7) is 0. The van der Waals surface area contributed by atoms with Crippen molar-refractivity contribution in [1.82, 2.24) is 0 Å². The maximum Gasteiger partial charge on any atom is 0.0128 e. The van der Waals surface area contributed by atoms with Gasteiger partial charge in [0.15, 0.2) is 0 Å². The minimum Gasteiger partial charge on any atom is -0.402 e. The summed E-state index contributed by atoms with van der Waals surface area (Å²) in [4.78, 5) is 0. The molecule has 50 valence electrons. The Kier molecular flexibility index (Phi) is 1.90. The predicted molar refractivity (Wildman–Crippen MR) is 38.6 cm³/mol. The molecule has 0 saturated heterocycles. The van der Waals surface area contributed by atoms with E-state index in [-0.39, 0.29) is 6.04 Å². The molecule has 0 saturated carbocycles. The monoisotopic (exact) mass is 124 g/mol. The van der Waals surface area contributed by atoms with Crippen molar-refractivity contribution >= 4 is 0 Å². The molecule has 1 aliphatic carbocycles. The maximum absolute atomic E-state index is 5.65. The molecule has 2 heteroatoms. The Labute approximate surface area is 55.2 Å². The van der Waals surface area contributed by atoms with Gasteiger partial charge in [0, 0.05) is 18.2 Å². The van der Waals surface area contributed by atoms with Crippen LogP contribution in [0.1, 0.15) is 12.8 Å². The molecule has 0 aromatic heterocycles. The van der Waals surface area contributed by atoms with Crippen LogP contribution >= 0.6 is 0 Å². The van der Waals surface area contributed by atoms with Gasteiger partial charge in [0.2, 0.25) is 0 Å². The molecule has 1 atom stereocenters. The van der Waals surface area contributed by atoms with Crippen molar-refractivity contribution in [3.05, 3.63) is 23.9 Å². The second-order valence-electron chi connectivity index (χ2n) is 2.37. The van der Waals surface area contributed by atoms with Gasteiger partial charge in [-0.3, -0.25) is 0 Å². The van der Waals surface area contributed by atoms with Crippen LogP contribution < -0.4 is 11.5 Å². The minimum absolute atomic E-state index is 0.222. The van der Waals surface area contributed by atoms with Crippen molar-refractivity contribution in [2.45, 2.75) is 18.9 Å². The van der Waals surface area contributed by atoms with Crippen molar-refractivity contribution in [3.8, 4) is 0 Å². The number of hydrogen-bond donors (Lipinski definition) is 2. The van der Waals surface area contributed by atoms with Gasteiger partial charge in [0.1, 0.15) is 0 Å². The van der Waals surface area contributed by atoms with Gasteiger partial charge < -0.3 is 11.5 Å². The summed E-state index contributed by atoms with van der Waals surface area (Å²) < 4.78 is 0. The Hall–Kier alpha value is -0.760. The Balaban J connectivity index is 2.58.